The van der Waals surface area contributed by atoms with Crippen LogP contribution in [0.3, 0.4) is 0 Å². The number of amides is 2. The maximum absolute atomic E-state index is 13.3. The highest BCUT2D eigenvalue weighted by atomic mass is 19.1. The van der Waals surface area contributed by atoms with Gasteiger partial charge in [-0.15, -0.1) is 0 Å². The zero-order chi connectivity index (χ0) is 19.8. The second kappa shape index (κ2) is 9.31. The van der Waals surface area contributed by atoms with Gasteiger partial charge in [-0.1, -0.05) is 12.1 Å². The third-order valence-electron chi connectivity index (χ3n) is 3.72. The number of hydrogen-bond donors (Lipinski definition) is 2. The molecule has 0 spiro atoms. The number of carbonyl (C=O) groups excluding carboxylic acids is 2. The fraction of sp³-hybridized carbons (Fsp3) is 0.150. The number of ether oxygens (including phenoxy) is 1. The molecule has 0 fully saturated rings. The van der Waals surface area contributed by atoms with Crippen molar-refractivity contribution in [2.75, 3.05) is 6.54 Å². The molecule has 1 aromatic carbocycles. The summed E-state index contributed by atoms with van der Waals surface area (Å²) in [4.78, 5) is 27.9. The van der Waals surface area contributed by atoms with Crippen LogP contribution in [0.15, 0.2) is 65.4 Å². The van der Waals surface area contributed by atoms with Crippen LogP contribution in [-0.4, -0.2) is 23.3 Å². The van der Waals surface area contributed by atoms with Gasteiger partial charge in [-0.3, -0.25) is 9.59 Å². The molecule has 0 aliphatic rings. The van der Waals surface area contributed by atoms with Gasteiger partial charge in [0.15, 0.2) is 5.76 Å². The Kier molecular flexibility index (Phi) is 6.35. The van der Waals surface area contributed by atoms with Crippen molar-refractivity contribution in [3.63, 3.8) is 0 Å². The summed E-state index contributed by atoms with van der Waals surface area (Å²) < 4.78 is 23.9. The quantitative estimate of drug-likeness (QED) is 0.624. The molecule has 0 atom stereocenters. The Balaban J connectivity index is 1.49. The number of aromatic nitrogens is 1. The van der Waals surface area contributed by atoms with Crippen LogP contribution in [0, 0.1) is 5.82 Å². The molecule has 2 amide bonds. The average Bonchev–Trinajstić information content (AvgIpc) is 3.22. The number of nitrogens with zero attached hydrogens (tertiary/aromatic N) is 1. The number of benzene rings is 1. The molecule has 2 heterocycles. The highest BCUT2D eigenvalue weighted by Gasteiger charge is 2.11. The Bertz CT molecular complexity index is 944. The first-order valence-corrected chi connectivity index (χ1v) is 8.57. The van der Waals surface area contributed by atoms with Gasteiger partial charge in [0, 0.05) is 37.3 Å². The molecule has 3 aromatic rings. The van der Waals surface area contributed by atoms with Crippen molar-refractivity contribution in [3.05, 3.63) is 78.1 Å². The lowest BCUT2D eigenvalue weighted by Gasteiger charge is -2.11. The van der Waals surface area contributed by atoms with Gasteiger partial charge in [0.25, 0.3) is 5.91 Å². The lowest BCUT2D eigenvalue weighted by Crippen LogP contribution is -2.30. The highest BCUT2D eigenvalue weighted by molar-refractivity contribution is 5.91. The molecular formula is C20H18FN3O4. The molecule has 7 nitrogen and oxygen atoms in total. The summed E-state index contributed by atoms with van der Waals surface area (Å²) in [6.07, 6.45) is 3.05. The van der Waals surface area contributed by atoms with E-state index in [1.165, 1.54) is 30.5 Å². The largest absolute Gasteiger partial charge is 0.459 e. The van der Waals surface area contributed by atoms with Crippen LogP contribution in [-0.2, 0) is 11.3 Å². The van der Waals surface area contributed by atoms with Gasteiger partial charge in [0.1, 0.15) is 11.6 Å². The SMILES string of the molecule is O=C(CCNC(=O)c1ccco1)NCc1cccnc1Oc1cccc(F)c1. The molecule has 0 aliphatic heterocycles. The molecule has 0 saturated carbocycles. The number of pyridine rings is 1. The van der Waals surface area contributed by atoms with E-state index in [4.69, 9.17) is 9.15 Å². The molecule has 3 rings (SSSR count). The normalized spacial score (nSPS) is 10.3. The molecule has 8 heteroatoms. The second-order valence-corrected chi connectivity index (χ2v) is 5.79. The lowest BCUT2D eigenvalue weighted by atomic mass is 10.2. The third-order valence-corrected chi connectivity index (χ3v) is 3.72. The van der Waals surface area contributed by atoms with Crippen LogP contribution in [0.4, 0.5) is 4.39 Å². The van der Waals surface area contributed by atoms with E-state index >= 15 is 0 Å². The van der Waals surface area contributed by atoms with Crippen molar-refractivity contribution in [3.8, 4) is 11.6 Å². The van der Waals surface area contributed by atoms with Crippen LogP contribution in [0.2, 0.25) is 0 Å². The van der Waals surface area contributed by atoms with E-state index in [1.54, 1.807) is 30.5 Å². The average molecular weight is 383 g/mol. The summed E-state index contributed by atoms with van der Waals surface area (Å²) >= 11 is 0. The number of nitrogens with one attached hydrogen (secondary N) is 2. The number of furan rings is 1. The van der Waals surface area contributed by atoms with E-state index < -0.39 is 5.82 Å². The first-order valence-electron chi connectivity index (χ1n) is 8.57. The molecule has 0 aliphatic carbocycles. The fourth-order valence-electron chi connectivity index (χ4n) is 2.36. The van der Waals surface area contributed by atoms with Crippen LogP contribution in [0.5, 0.6) is 11.6 Å². The van der Waals surface area contributed by atoms with Gasteiger partial charge in [0.05, 0.1) is 6.26 Å². The van der Waals surface area contributed by atoms with E-state index in [0.717, 1.165) is 0 Å². The smallest absolute Gasteiger partial charge is 0.286 e. The summed E-state index contributed by atoms with van der Waals surface area (Å²) in [6.45, 7) is 0.356. The number of rotatable bonds is 8. The predicted molar refractivity (Wildman–Crippen MR) is 98.2 cm³/mol. The molecule has 0 saturated heterocycles. The van der Waals surface area contributed by atoms with E-state index in [-0.39, 0.29) is 43.0 Å². The molecule has 0 radical (unpaired) electrons. The molecule has 144 valence electrons. The van der Waals surface area contributed by atoms with Gasteiger partial charge in [-0.2, -0.15) is 0 Å². The summed E-state index contributed by atoms with van der Waals surface area (Å²) in [5, 5.41) is 5.33. The number of hydrogen-bond acceptors (Lipinski definition) is 5. The molecule has 2 aromatic heterocycles. The van der Waals surface area contributed by atoms with E-state index in [9.17, 15) is 14.0 Å². The Labute approximate surface area is 160 Å². The standard InChI is InChI=1S/C20H18FN3O4/c21-15-5-1-6-16(12-15)28-20-14(4-2-9-23-20)13-24-18(25)8-10-22-19(26)17-7-3-11-27-17/h1-7,9,11-12H,8,10,13H2,(H,22,26)(H,24,25). The van der Waals surface area contributed by atoms with Crippen LogP contribution in [0.25, 0.3) is 0 Å². The van der Waals surface area contributed by atoms with Crippen molar-refractivity contribution in [1.29, 1.82) is 0 Å². The Morgan fingerprint density at radius 1 is 1.11 bits per heavy atom. The van der Waals surface area contributed by atoms with Crippen LogP contribution < -0.4 is 15.4 Å². The zero-order valence-electron chi connectivity index (χ0n) is 14.9. The van der Waals surface area contributed by atoms with Crippen molar-refractivity contribution in [2.45, 2.75) is 13.0 Å². The highest BCUT2D eigenvalue weighted by Crippen LogP contribution is 2.23. The van der Waals surface area contributed by atoms with Crippen LogP contribution in [0.1, 0.15) is 22.5 Å². The molecule has 28 heavy (non-hydrogen) atoms. The van der Waals surface area contributed by atoms with Gasteiger partial charge in [0.2, 0.25) is 11.8 Å². The molecule has 0 unspecified atom stereocenters. The second-order valence-electron chi connectivity index (χ2n) is 5.79. The van der Waals surface area contributed by atoms with E-state index in [0.29, 0.717) is 11.3 Å². The molecule has 0 bridgehead atoms. The number of carbonyl (C=O) groups is 2. The third kappa shape index (κ3) is 5.41. The summed E-state index contributed by atoms with van der Waals surface area (Å²) in [7, 11) is 0. The Hall–Kier alpha value is -3.68. The first-order chi connectivity index (χ1) is 13.6. The van der Waals surface area contributed by atoms with Gasteiger partial charge < -0.3 is 19.8 Å². The maximum Gasteiger partial charge on any atom is 0.286 e. The summed E-state index contributed by atoms with van der Waals surface area (Å²) in [5.41, 5.74) is 0.639. The first kappa shape index (κ1) is 19.1. The number of halogens is 1. The topological polar surface area (TPSA) is 93.5 Å². The maximum atomic E-state index is 13.3. The van der Waals surface area contributed by atoms with Gasteiger partial charge in [-0.25, -0.2) is 9.37 Å². The van der Waals surface area contributed by atoms with Crippen molar-refractivity contribution in [2.24, 2.45) is 0 Å². The zero-order valence-corrected chi connectivity index (χ0v) is 14.9. The lowest BCUT2D eigenvalue weighted by molar-refractivity contribution is -0.121. The minimum absolute atomic E-state index is 0.104. The summed E-state index contributed by atoms with van der Waals surface area (Å²) in [6, 6.07) is 12.3. The predicted octanol–water partition coefficient (Wildman–Crippen LogP) is 3.04. The van der Waals surface area contributed by atoms with Crippen LogP contribution >= 0.6 is 0 Å². The molecule has 2 N–H and O–H groups in total. The fourth-order valence-corrected chi connectivity index (χ4v) is 2.36. The minimum atomic E-state index is -0.417. The van der Waals surface area contributed by atoms with Crippen molar-refractivity contribution < 1.29 is 23.1 Å². The van der Waals surface area contributed by atoms with E-state index in [2.05, 4.69) is 15.6 Å². The minimum Gasteiger partial charge on any atom is -0.459 e. The summed E-state index contributed by atoms with van der Waals surface area (Å²) in [5.74, 6) is -0.266. The van der Waals surface area contributed by atoms with E-state index in [1.807, 2.05) is 0 Å². The monoisotopic (exact) mass is 383 g/mol. The molecular weight excluding hydrogens is 365 g/mol. The van der Waals surface area contributed by atoms with Crippen molar-refractivity contribution >= 4 is 11.8 Å². The van der Waals surface area contributed by atoms with Gasteiger partial charge >= 0.3 is 0 Å². The van der Waals surface area contributed by atoms with Crippen molar-refractivity contribution in [1.82, 2.24) is 15.6 Å². The Morgan fingerprint density at radius 3 is 2.79 bits per heavy atom. The van der Waals surface area contributed by atoms with Gasteiger partial charge in [-0.05, 0) is 30.3 Å². The Morgan fingerprint density at radius 2 is 2.00 bits per heavy atom.